The van der Waals surface area contributed by atoms with E-state index in [0.29, 0.717) is 0 Å². The van der Waals surface area contributed by atoms with Crippen molar-refractivity contribution in [3.8, 4) is 33.4 Å². The lowest BCUT2D eigenvalue weighted by molar-refractivity contribution is 0.663. The summed E-state index contributed by atoms with van der Waals surface area (Å²) in [7, 11) is 0. The lowest BCUT2D eigenvalue weighted by Crippen LogP contribution is -1.93. The Morgan fingerprint density at radius 3 is 1.62 bits per heavy atom. The number of hydrogen-bond acceptors (Lipinski definition) is 2. The van der Waals surface area contributed by atoms with Gasteiger partial charge in [-0.05, 0) is 78.8 Å². The van der Waals surface area contributed by atoms with Crippen LogP contribution in [0.25, 0.3) is 110 Å². The van der Waals surface area contributed by atoms with E-state index in [9.17, 15) is 0 Å². The Kier molecular flexibility index (Phi) is 5.70. The van der Waals surface area contributed by atoms with E-state index in [4.69, 9.17) is 8.83 Å². The highest BCUT2D eigenvalue weighted by atomic mass is 16.3. The topological polar surface area (TPSA) is 26.3 Å². The summed E-state index contributed by atoms with van der Waals surface area (Å²) in [5.41, 5.74) is 10.6. The second-order valence-corrected chi connectivity index (χ2v) is 13.1. The Hall–Kier alpha value is -6.64. The molecule has 2 heteroatoms. The molecule has 0 bridgehead atoms. The Balaban J connectivity index is 1.22. The second kappa shape index (κ2) is 10.4. The summed E-state index contributed by atoms with van der Waals surface area (Å²) in [5.74, 6) is 0. The summed E-state index contributed by atoms with van der Waals surface area (Å²) < 4.78 is 13.2. The van der Waals surface area contributed by atoms with E-state index in [1.807, 2.05) is 12.1 Å². The van der Waals surface area contributed by atoms with Crippen LogP contribution in [0.5, 0.6) is 0 Å². The smallest absolute Gasteiger partial charge is 0.147 e. The minimum Gasteiger partial charge on any atom is -0.456 e. The summed E-state index contributed by atoms with van der Waals surface area (Å²) in [6.07, 6.45) is 0. The zero-order chi connectivity index (χ0) is 32.8. The first-order valence-corrected chi connectivity index (χ1v) is 17.1. The van der Waals surface area contributed by atoms with Crippen molar-refractivity contribution in [1.29, 1.82) is 0 Å². The van der Waals surface area contributed by atoms with Crippen LogP contribution in [0, 0.1) is 0 Å². The van der Waals surface area contributed by atoms with E-state index >= 15 is 0 Å². The zero-order valence-corrected chi connectivity index (χ0v) is 27.0. The number of rotatable bonds is 3. The van der Waals surface area contributed by atoms with Crippen LogP contribution in [0.3, 0.4) is 0 Å². The molecule has 0 saturated carbocycles. The third-order valence-electron chi connectivity index (χ3n) is 10.5. The Bertz CT molecular complexity index is 3100. The molecule has 0 spiro atoms. The molecule has 9 aromatic carbocycles. The molecule has 11 aromatic rings. The molecule has 0 unspecified atom stereocenters. The van der Waals surface area contributed by atoms with Crippen molar-refractivity contribution < 1.29 is 8.83 Å². The maximum atomic E-state index is 6.98. The monoisotopic (exact) mass is 636 g/mol. The second-order valence-electron chi connectivity index (χ2n) is 13.1. The molecule has 0 aliphatic carbocycles. The maximum absolute atomic E-state index is 6.98. The lowest BCUT2D eigenvalue weighted by atomic mass is 9.83. The fraction of sp³-hybridized carbons (Fsp3) is 0. The van der Waals surface area contributed by atoms with Crippen LogP contribution in [0.2, 0.25) is 0 Å². The minimum atomic E-state index is 0.838. The fourth-order valence-electron chi connectivity index (χ4n) is 8.28. The molecule has 0 radical (unpaired) electrons. The Labute approximate surface area is 287 Å². The molecule has 0 aliphatic heterocycles. The van der Waals surface area contributed by atoms with E-state index in [2.05, 4.69) is 158 Å². The summed E-state index contributed by atoms with van der Waals surface area (Å²) in [6, 6.07) is 60.9. The van der Waals surface area contributed by atoms with Crippen molar-refractivity contribution in [2.75, 3.05) is 0 Å². The first-order chi connectivity index (χ1) is 24.8. The number of hydrogen-bond donors (Lipinski definition) is 0. The summed E-state index contributed by atoms with van der Waals surface area (Å²) in [6.45, 7) is 0. The summed E-state index contributed by atoms with van der Waals surface area (Å²) in [4.78, 5) is 0. The Morgan fingerprint density at radius 2 is 0.860 bits per heavy atom. The molecule has 0 amide bonds. The first kappa shape index (κ1) is 27.3. The Morgan fingerprint density at radius 1 is 0.300 bits per heavy atom. The van der Waals surface area contributed by atoms with Crippen LogP contribution in [-0.2, 0) is 0 Å². The van der Waals surface area contributed by atoms with E-state index in [1.165, 1.54) is 60.1 Å². The normalized spacial score (nSPS) is 12.0. The third kappa shape index (κ3) is 3.85. The molecular formula is C48H28O2. The van der Waals surface area contributed by atoms with Crippen molar-refractivity contribution in [1.82, 2.24) is 0 Å². The fourth-order valence-corrected chi connectivity index (χ4v) is 8.28. The van der Waals surface area contributed by atoms with E-state index < -0.39 is 0 Å². The van der Waals surface area contributed by atoms with Crippen LogP contribution in [-0.4, -0.2) is 0 Å². The van der Waals surface area contributed by atoms with Gasteiger partial charge in [-0.2, -0.15) is 0 Å². The number of fused-ring (bicyclic) bond motifs is 10. The molecule has 0 saturated heterocycles. The first-order valence-electron chi connectivity index (χ1n) is 17.1. The highest BCUT2D eigenvalue weighted by Gasteiger charge is 2.23. The molecule has 50 heavy (non-hydrogen) atoms. The standard InChI is InChI=1S/C48H28O2/c1-2-13-30-28-31(25-24-29(30)12-1)32-14-3-4-15-33(32)44-34-16-5-7-18-36(34)45(37-19-8-6-17-35(37)44)41-22-11-21-38-39-26-27-43-46(48(39)50-47(38)41)40-20-9-10-23-42(40)49-43/h1-28H. The lowest BCUT2D eigenvalue weighted by Gasteiger charge is -2.20. The van der Waals surface area contributed by atoms with Crippen molar-refractivity contribution in [3.63, 3.8) is 0 Å². The van der Waals surface area contributed by atoms with Gasteiger partial charge in [0.25, 0.3) is 0 Å². The van der Waals surface area contributed by atoms with Crippen LogP contribution >= 0.6 is 0 Å². The molecule has 2 aromatic heterocycles. The van der Waals surface area contributed by atoms with Gasteiger partial charge in [-0.15, -0.1) is 0 Å². The quantitative estimate of drug-likeness (QED) is 0.180. The predicted molar refractivity (Wildman–Crippen MR) is 210 cm³/mol. The van der Waals surface area contributed by atoms with Crippen molar-refractivity contribution >= 4 is 76.2 Å². The summed E-state index contributed by atoms with van der Waals surface area (Å²) in [5, 5.41) is 11.6. The number of benzene rings is 9. The van der Waals surface area contributed by atoms with Gasteiger partial charge in [-0.25, -0.2) is 0 Å². The van der Waals surface area contributed by atoms with Gasteiger partial charge >= 0.3 is 0 Å². The van der Waals surface area contributed by atoms with Gasteiger partial charge in [0.15, 0.2) is 0 Å². The summed E-state index contributed by atoms with van der Waals surface area (Å²) >= 11 is 0. The average molecular weight is 637 g/mol. The maximum Gasteiger partial charge on any atom is 0.147 e. The van der Waals surface area contributed by atoms with Crippen molar-refractivity contribution in [3.05, 3.63) is 170 Å². The van der Waals surface area contributed by atoms with Gasteiger partial charge in [-0.3, -0.25) is 0 Å². The largest absolute Gasteiger partial charge is 0.456 e. The van der Waals surface area contributed by atoms with E-state index in [-0.39, 0.29) is 0 Å². The molecule has 2 nitrogen and oxygen atoms in total. The minimum absolute atomic E-state index is 0.838. The van der Waals surface area contributed by atoms with Crippen LogP contribution in [0.4, 0.5) is 0 Å². The molecule has 11 rings (SSSR count). The van der Waals surface area contributed by atoms with E-state index in [0.717, 1.165) is 49.4 Å². The van der Waals surface area contributed by atoms with Crippen LogP contribution in [0.1, 0.15) is 0 Å². The van der Waals surface area contributed by atoms with Gasteiger partial charge in [-0.1, -0.05) is 146 Å². The molecule has 0 fully saturated rings. The third-order valence-corrected chi connectivity index (χ3v) is 10.5. The van der Waals surface area contributed by atoms with Gasteiger partial charge in [0, 0.05) is 27.3 Å². The zero-order valence-electron chi connectivity index (χ0n) is 27.0. The van der Waals surface area contributed by atoms with Gasteiger partial charge < -0.3 is 8.83 Å². The van der Waals surface area contributed by atoms with Crippen molar-refractivity contribution in [2.24, 2.45) is 0 Å². The number of para-hydroxylation sites is 2. The van der Waals surface area contributed by atoms with Crippen molar-refractivity contribution in [2.45, 2.75) is 0 Å². The van der Waals surface area contributed by atoms with Crippen LogP contribution < -0.4 is 0 Å². The molecule has 0 aliphatic rings. The molecule has 232 valence electrons. The average Bonchev–Trinajstić information content (AvgIpc) is 3.75. The molecule has 0 atom stereocenters. The molecule has 0 N–H and O–H groups in total. The van der Waals surface area contributed by atoms with Gasteiger partial charge in [0.05, 0.1) is 5.39 Å². The number of furan rings is 2. The highest BCUT2D eigenvalue weighted by Crippen LogP contribution is 2.49. The van der Waals surface area contributed by atoms with E-state index in [1.54, 1.807) is 0 Å². The van der Waals surface area contributed by atoms with Gasteiger partial charge in [0.1, 0.15) is 22.3 Å². The molecule has 2 heterocycles. The highest BCUT2D eigenvalue weighted by molar-refractivity contribution is 6.27. The molecular weight excluding hydrogens is 609 g/mol. The van der Waals surface area contributed by atoms with Gasteiger partial charge in [0.2, 0.25) is 0 Å². The predicted octanol–water partition coefficient (Wildman–Crippen LogP) is 13.9. The van der Waals surface area contributed by atoms with Crippen LogP contribution in [0.15, 0.2) is 179 Å². The SMILES string of the molecule is c1ccc(-c2c3ccccc3c(-c3cccc4c3oc3c4ccc4oc5ccccc5c43)c3ccccc23)c(-c2ccc3ccccc3c2)c1.